The van der Waals surface area contributed by atoms with Gasteiger partial charge in [0.1, 0.15) is 5.82 Å². The van der Waals surface area contributed by atoms with Gasteiger partial charge in [0, 0.05) is 67.8 Å². The maximum absolute atomic E-state index is 13.1. The van der Waals surface area contributed by atoms with Crippen molar-refractivity contribution in [3.05, 3.63) is 84.2 Å². The highest BCUT2D eigenvalue weighted by Crippen LogP contribution is 2.31. The number of benzene rings is 2. The summed E-state index contributed by atoms with van der Waals surface area (Å²) in [6.07, 6.45) is 2.61. The largest absolute Gasteiger partial charge is 0.355 e. The van der Waals surface area contributed by atoms with Crippen molar-refractivity contribution >= 4 is 45.9 Å². The molecule has 5 rings (SSSR count). The van der Waals surface area contributed by atoms with Crippen molar-refractivity contribution in [3.63, 3.8) is 0 Å². The zero-order valence-electron chi connectivity index (χ0n) is 25.3. The molecule has 45 heavy (non-hydrogen) atoms. The van der Waals surface area contributed by atoms with Crippen LogP contribution >= 0.6 is 0 Å². The van der Waals surface area contributed by atoms with E-state index >= 15 is 0 Å². The third-order valence-corrected chi connectivity index (χ3v) is 8.05. The van der Waals surface area contributed by atoms with E-state index in [4.69, 9.17) is 0 Å². The number of amides is 3. The Labute approximate surface area is 260 Å². The molecule has 0 bridgehead atoms. The molecule has 1 aliphatic rings. The molecule has 1 fully saturated rings. The van der Waals surface area contributed by atoms with Crippen LogP contribution in [0.2, 0.25) is 0 Å². The van der Waals surface area contributed by atoms with Crippen LogP contribution in [0.4, 0.5) is 30.8 Å². The normalized spacial score (nSPS) is 14.0. The highest BCUT2D eigenvalue weighted by atomic mass is 19.3. The third kappa shape index (κ3) is 7.82. The Hall–Kier alpha value is -4.84. The van der Waals surface area contributed by atoms with E-state index in [1.165, 1.54) is 11.5 Å². The molecule has 2 aromatic carbocycles. The summed E-state index contributed by atoms with van der Waals surface area (Å²) in [4.78, 5) is 45.1. The van der Waals surface area contributed by atoms with Gasteiger partial charge in [-0.25, -0.2) is 18.6 Å². The summed E-state index contributed by atoms with van der Waals surface area (Å²) in [6.45, 7) is 3.38. The van der Waals surface area contributed by atoms with Gasteiger partial charge in [-0.3, -0.25) is 19.1 Å². The van der Waals surface area contributed by atoms with Crippen molar-refractivity contribution in [1.82, 2.24) is 25.1 Å². The van der Waals surface area contributed by atoms with E-state index in [-0.39, 0.29) is 30.3 Å². The van der Waals surface area contributed by atoms with Gasteiger partial charge in [0.25, 0.3) is 12.3 Å². The number of aromatic nitrogens is 2. The second-order valence-electron chi connectivity index (χ2n) is 11.1. The van der Waals surface area contributed by atoms with Crippen LogP contribution in [-0.4, -0.2) is 78.5 Å². The number of rotatable bonds is 10. The van der Waals surface area contributed by atoms with E-state index in [2.05, 4.69) is 20.9 Å². The van der Waals surface area contributed by atoms with E-state index in [0.717, 1.165) is 40.7 Å². The Morgan fingerprint density at radius 1 is 1.00 bits per heavy atom. The number of piperidine rings is 1. The molecule has 3 heterocycles. The molecular formula is C33H37F2N7O3. The standard InChI is InChI=1S/C33H37F2N7O3/c1-22(43)37-14-18-41(27-7-8-29-26(19-27)12-17-42(29)33(45)36-2)28-9-13-38-31(20-28)39-32(44)25-5-3-23(4-6-25)24-10-15-40(16-11-24)21-30(34)35/h3-9,12-13,17,19-20,24,30H,10-11,14-16,18,21H2,1-2H3,(H,36,45)(H,37,43)(H,38,39,44). The molecule has 236 valence electrons. The Balaban J connectivity index is 1.30. The van der Waals surface area contributed by atoms with Gasteiger partial charge < -0.3 is 20.9 Å². The number of carbonyl (C=O) groups is 3. The fourth-order valence-corrected chi connectivity index (χ4v) is 5.74. The molecule has 4 aromatic rings. The summed E-state index contributed by atoms with van der Waals surface area (Å²) in [5.41, 5.74) is 3.92. The fourth-order valence-electron chi connectivity index (χ4n) is 5.74. The number of hydrogen-bond acceptors (Lipinski definition) is 6. The van der Waals surface area contributed by atoms with E-state index in [9.17, 15) is 23.2 Å². The number of nitrogens with one attached hydrogen (secondary N) is 3. The first-order valence-electron chi connectivity index (χ1n) is 14.9. The smallest absolute Gasteiger partial charge is 0.325 e. The van der Waals surface area contributed by atoms with Gasteiger partial charge in [-0.05, 0) is 79.9 Å². The van der Waals surface area contributed by atoms with Crippen LogP contribution in [0.25, 0.3) is 10.9 Å². The molecule has 0 saturated carbocycles. The van der Waals surface area contributed by atoms with Crippen molar-refractivity contribution in [1.29, 1.82) is 0 Å². The summed E-state index contributed by atoms with van der Waals surface area (Å²) in [7, 11) is 1.58. The van der Waals surface area contributed by atoms with Gasteiger partial charge in [0.15, 0.2) is 0 Å². The van der Waals surface area contributed by atoms with Crippen LogP contribution < -0.4 is 20.9 Å². The molecule has 12 heteroatoms. The van der Waals surface area contributed by atoms with E-state index in [1.54, 1.807) is 42.5 Å². The van der Waals surface area contributed by atoms with Gasteiger partial charge in [-0.1, -0.05) is 12.1 Å². The second kappa shape index (κ2) is 14.3. The third-order valence-electron chi connectivity index (χ3n) is 8.05. The molecule has 0 spiro atoms. The maximum atomic E-state index is 13.1. The first kappa shape index (κ1) is 31.6. The lowest BCUT2D eigenvalue weighted by atomic mass is 9.89. The summed E-state index contributed by atoms with van der Waals surface area (Å²) in [5, 5.41) is 9.21. The van der Waals surface area contributed by atoms with Crippen molar-refractivity contribution < 1.29 is 23.2 Å². The van der Waals surface area contributed by atoms with Gasteiger partial charge in [-0.15, -0.1) is 0 Å². The van der Waals surface area contributed by atoms with E-state index in [0.29, 0.717) is 37.6 Å². The molecule has 1 saturated heterocycles. The summed E-state index contributed by atoms with van der Waals surface area (Å²) in [5.74, 6) is 0.197. The number of alkyl halides is 2. The van der Waals surface area contributed by atoms with Crippen molar-refractivity contribution in [3.8, 4) is 0 Å². The molecular weight excluding hydrogens is 580 g/mol. The van der Waals surface area contributed by atoms with Crippen LogP contribution in [0, 0.1) is 0 Å². The van der Waals surface area contributed by atoms with Crippen LogP contribution in [0.1, 0.15) is 41.6 Å². The average molecular weight is 618 g/mol. The second-order valence-corrected chi connectivity index (χ2v) is 11.1. The number of pyridine rings is 1. The Kier molecular flexibility index (Phi) is 10.0. The number of nitrogens with zero attached hydrogens (tertiary/aromatic N) is 4. The predicted molar refractivity (Wildman–Crippen MR) is 171 cm³/mol. The lowest BCUT2D eigenvalue weighted by Crippen LogP contribution is -2.36. The quantitative estimate of drug-likeness (QED) is 0.226. The zero-order chi connectivity index (χ0) is 31.9. The molecule has 0 radical (unpaired) electrons. The van der Waals surface area contributed by atoms with Crippen LogP contribution in [0.3, 0.4) is 0 Å². The Bertz CT molecular complexity index is 1650. The highest BCUT2D eigenvalue weighted by molar-refractivity contribution is 6.04. The molecule has 0 atom stereocenters. The SMILES string of the molecule is CNC(=O)n1ccc2cc(N(CCNC(C)=O)c3ccnc(NC(=O)c4ccc(C5CCN(CC(F)F)CC5)cc4)c3)ccc21. The number of anilines is 3. The number of fused-ring (bicyclic) bond motifs is 1. The van der Waals surface area contributed by atoms with E-state index < -0.39 is 6.43 Å². The monoisotopic (exact) mass is 617 g/mol. The molecule has 0 unspecified atom stereocenters. The average Bonchev–Trinajstić information content (AvgIpc) is 3.46. The zero-order valence-corrected chi connectivity index (χ0v) is 25.3. The van der Waals surface area contributed by atoms with Gasteiger partial charge in [-0.2, -0.15) is 0 Å². The lowest BCUT2D eigenvalue weighted by molar-refractivity contribution is -0.118. The van der Waals surface area contributed by atoms with Gasteiger partial charge in [0.05, 0.1) is 12.1 Å². The predicted octanol–water partition coefficient (Wildman–Crippen LogP) is 5.19. The Morgan fingerprint density at radius 2 is 1.73 bits per heavy atom. The maximum Gasteiger partial charge on any atom is 0.325 e. The number of likely N-dealkylation sites (tertiary alicyclic amines) is 1. The minimum atomic E-state index is -2.32. The summed E-state index contributed by atoms with van der Waals surface area (Å²) >= 11 is 0. The first-order valence-corrected chi connectivity index (χ1v) is 14.9. The summed E-state index contributed by atoms with van der Waals surface area (Å²) in [6, 6.07) is 18.4. The minimum absolute atomic E-state index is 0.140. The van der Waals surface area contributed by atoms with Crippen molar-refractivity contribution in [2.24, 2.45) is 0 Å². The number of hydrogen-bond donors (Lipinski definition) is 3. The van der Waals surface area contributed by atoms with Crippen LogP contribution in [0.15, 0.2) is 73.1 Å². The van der Waals surface area contributed by atoms with Crippen molar-refractivity contribution in [2.45, 2.75) is 32.1 Å². The lowest BCUT2D eigenvalue weighted by Gasteiger charge is -2.31. The Morgan fingerprint density at radius 3 is 2.42 bits per heavy atom. The van der Waals surface area contributed by atoms with Crippen molar-refractivity contribution in [2.75, 3.05) is 50.0 Å². The number of carbonyl (C=O) groups excluding carboxylic acids is 3. The molecule has 2 aromatic heterocycles. The molecule has 10 nitrogen and oxygen atoms in total. The van der Waals surface area contributed by atoms with Crippen LogP contribution in [0.5, 0.6) is 0 Å². The molecule has 3 N–H and O–H groups in total. The topological polar surface area (TPSA) is 112 Å². The van der Waals surface area contributed by atoms with Crippen LogP contribution in [-0.2, 0) is 4.79 Å². The molecule has 3 amide bonds. The highest BCUT2D eigenvalue weighted by Gasteiger charge is 2.23. The minimum Gasteiger partial charge on any atom is -0.355 e. The van der Waals surface area contributed by atoms with E-state index in [1.807, 2.05) is 47.4 Å². The van der Waals surface area contributed by atoms with Gasteiger partial charge >= 0.3 is 6.03 Å². The number of halogens is 2. The molecule has 0 aliphatic carbocycles. The first-order chi connectivity index (χ1) is 21.7. The van der Waals surface area contributed by atoms with Gasteiger partial charge in [0.2, 0.25) is 5.91 Å². The molecule has 1 aliphatic heterocycles. The summed E-state index contributed by atoms with van der Waals surface area (Å²) < 4.78 is 26.9. The fraction of sp³-hybridized carbons (Fsp3) is 0.333.